The van der Waals surface area contributed by atoms with E-state index >= 15 is 0 Å². The monoisotopic (exact) mass is 360 g/mol. The second kappa shape index (κ2) is 5.78. The smallest absolute Gasteiger partial charge is 0.262 e. The van der Waals surface area contributed by atoms with Gasteiger partial charge in [0.25, 0.3) is 5.56 Å². The third kappa shape index (κ3) is 2.26. The van der Waals surface area contributed by atoms with Crippen molar-refractivity contribution in [1.29, 1.82) is 0 Å². The quantitative estimate of drug-likeness (QED) is 0.584. The first kappa shape index (κ1) is 15.3. The number of pyridine rings is 1. The molecular formula is C20H16N4OS. The summed E-state index contributed by atoms with van der Waals surface area (Å²) in [6.45, 7) is 2.14. The number of aromatic amines is 1. The summed E-state index contributed by atoms with van der Waals surface area (Å²) in [5.74, 6) is 0.551. The van der Waals surface area contributed by atoms with Gasteiger partial charge in [0.05, 0.1) is 5.39 Å². The van der Waals surface area contributed by atoms with Crippen LogP contribution >= 0.6 is 11.3 Å². The molecule has 0 fully saturated rings. The van der Waals surface area contributed by atoms with Crippen LogP contribution in [0.1, 0.15) is 12.5 Å². The number of H-pyrrole nitrogens is 1. The van der Waals surface area contributed by atoms with Crippen molar-refractivity contribution in [2.45, 2.75) is 19.4 Å². The van der Waals surface area contributed by atoms with Gasteiger partial charge < -0.3 is 4.90 Å². The van der Waals surface area contributed by atoms with Gasteiger partial charge >= 0.3 is 0 Å². The first-order valence-electron chi connectivity index (χ1n) is 8.51. The molecule has 1 atom stereocenters. The van der Waals surface area contributed by atoms with E-state index in [4.69, 9.17) is 4.98 Å². The van der Waals surface area contributed by atoms with E-state index in [1.54, 1.807) is 17.5 Å². The Morgan fingerprint density at radius 3 is 2.96 bits per heavy atom. The predicted molar refractivity (Wildman–Crippen MR) is 105 cm³/mol. The lowest BCUT2D eigenvalue weighted by Crippen LogP contribution is -2.28. The lowest BCUT2D eigenvalue weighted by Gasteiger charge is -2.23. The highest BCUT2D eigenvalue weighted by atomic mass is 32.1. The summed E-state index contributed by atoms with van der Waals surface area (Å²) in [7, 11) is 0. The van der Waals surface area contributed by atoms with Crippen LogP contribution in [0.2, 0.25) is 0 Å². The summed E-state index contributed by atoms with van der Waals surface area (Å²) >= 11 is 1.60. The molecule has 0 aliphatic carbocycles. The minimum Gasteiger partial charge on any atom is -0.309 e. The van der Waals surface area contributed by atoms with Crippen LogP contribution in [-0.2, 0) is 6.42 Å². The van der Waals surface area contributed by atoms with Gasteiger partial charge in [-0.25, -0.2) is 4.98 Å². The number of hydrogen-bond acceptors (Lipinski definition) is 5. The SMILES string of the molecule is CC1Cc2ccccc2N1c1nc2nccc(-c3ccsc3)c2c(=O)[nH]1. The largest absolute Gasteiger partial charge is 0.309 e. The molecule has 1 aromatic carbocycles. The average Bonchev–Trinajstić information content (AvgIpc) is 3.28. The molecule has 0 spiro atoms. The molecular weight excluding hydrogens is 344 g/mol. The molecule has 1 unspecified atom stereocenters. The van der Waals surface area contributed by atoms with Gasteiger partial charge in [0.1, 0.15) is 0 Å². The highest BCUT2D eigenvalue weighted by Gasteiger charge is 2.29. The molecule has 26 heavy (non-hydrogen) atoms. The normalized spacial score (nSPS) is 16.2. The van der Waals surface area contributed by atoms with Crippen molar-refractivity contribution in [3.05, 3.63) is 69.3 Å². The number of anilines is 2. The summed E-state index contributed by atoms with van der Waals surface area (Å²) in [5, 5.41) is 4.57. The molecule has 1 aliphatic rings. The minimum absolute atomic E-state index is 0.157. The number of nitrogens with zero attached hydrogens (tertiary/aromatic N) is 3. The van der Waals surface area contributed by atoms with E-state index in [1.165, 1.54) is 5.56 Å². The van der Waals surface area contributed by atoms with Crippen molar-refractivity contribution in [2.75, 3.05) is 4.90 Å². The molecule has 0 saturated carbocycles. The number of para-hydroxylation sites is 1. The van der Waals surface area contributed by atoms with Crippen LogP contribution in [0.3, 0.4) is 0 Å². The molecule has 0 bridgehead atoms. The lowest BCUT2D eigenvalue weighted by atomic mass is 10.1. The fourth-order valence-corrected chi connectivity index (χ4v) is 4.37. The lowest BCUT2D eigenvalue weighted by molar-refractivity contribution is 0.740. The fraction of sp³-hybridized carbons (Fsp3) is 0.150. The minimum atomic E-state index is -0.157. The zero-order valence-electron chi connectivity index (χ0n) is 14.1. The van der Waals surface area contributed by atoms with Gasteiger partial charge in [-0.15, -0.1) is 0 Å². The Balaban J connectivity index is 1.72. The number of thiophene rings is 1. The summed E-state index contributed by atoms with van der Waals surface area (Å²) < 4.78 is 0. The number of aromatic nitrogens is 3. The molecule has 5 rings (SSSR count). The number of fused-ring (bicyclic) bond motifs is 2. The van der Waals surface area contributed by atoms with E-state index in [-0.39, 0.29) is 11.6 Å². The molecule has 1 N–H and O–H groups in total. The maximum atomic E-state index is 12.9. The van der Waals surface area contributed by atoms with Gasteiger partial charge in [0.2, 0.25) is 5.95 Å². The molecule has 0 saturated heterocycles. The van der Waals surface area contributed by atoms with Crippen molar-refractivity contribution in [3.63, 3.8) is 0 Å². The van der Waals surface area contributed by atoms with Gasteiger partial charge in [-0.2, -0.15) is 16.3 Å². The topological polar surface area (TPSA) is 61.9 Å². The summed E-state index contributed by atoms with van der Waals surface area (Å²) in [4.78, 5) is 27.1. The third-order valence-corrected chi connectivity index (χ3v) is 5.55. The molecule has 1 aliphatic heterocycles. The van der Waals surface area contributed by atoms with Gasteiger partial charge in [-0.05, 0) is 53.4 Å². The Hall–Kier alpha value is -2.99. The molecule has 6 heteroatoms. The zero-order valence-corrected chi connectivity index (χ0v) is 15.0. The Kier molecular flexibility index (Phi) is 3.39. The van der Waals surface area contributed by atoms with Crippen molar-refractivity contribution >= 4 is 34.0 Å². The molecule has 4 heterocycles. The predicted octanol–water partition coefficient (Wildman–Crippen LogP) is 4.13. The Morgan fingerprint density at radius 1 is 1.23 bits per heavy atom. The average molecular weight is 360 g/mol. The summed E-state index contributed by atoms with van der Waals surface area (Å²) in [6.07, 6.45) is 2.65. The molecule has 0 amide bonds. The number of rotatable bonds is 2. The van der Waals surface area contributed by atoms with Crippen LogP contribution < -0.4 is 10.5 Å². The maximum absolute atomic E-state index is 12.9. The second-order valence-corrected chi connectivity index (χ2v) is 7.29. The summed E-state index contributed by atoms with van der Waals surface area (Å²) in [6, 6.07) is 12.3. The maximum Gasteiger partial charge on any atom is 0.262 e. The standard InChI is InChI=1S/C20H16N4OS/c1-12-10-13-4-2-3-5-16(13)24(12)20-22-18-17(19(25)23-20)15(6-8-21-18)14-7-9-26-11-14/h2-9,11-12H,10H2,1H3,(H,21,22,23,25). The highest BCUT2D eigenvalue weighted by Crippen LogP contribution is 2.36. The first-order valence-corrected chi connectivity index (χ1v) is 9.45. The van der Waals surface area contributed by atoms with E-state index < -0.39 is 0 Å². The van der Waals surface area contributed by atoms with E-state index in [9.17, 15) is 4.79 Å². The summed E-state index contributed by atoms with van der Waals surface area (Å²) in [5.41, 5.74) is 4.56. The van der Waals surface area contributed by atoms with Crippen molar-refractivity contribution < 1.29 is 0 Å². The van der Waals surface area contributed by atoms with Crippen molar-refractivity contribution in [2.24, 2.45) is 0 Å². The number of hydrogen-bond donors (Lipinski definition) is 1. The van der Waals surface area contributed by atoms with Crippen LogP contribution in [0.25, 0.3) is 22.2 Å². The van der Waals surface area contributed by atoms with Crippen LogP contribution in [0.4, 0.5) is 11.6 Å². The van der Waals surface area contributed by atoms with Crippen LogP contribution in [0, 0.1) is 0 Å². The van der Waals surface area contributed by atoms with Crippen LogP contribution in [0.5, 0.6) is 0 Å². The Labute approximate surface area is 154 Å². The van der Waals surface area contributed by atoms with Crippen molar-refractivity contribution in [1.82, 2.24) is 15.0 Å². The Bertz CT molecular complexity index is 1170. The van der Waals surface area contributed by atoms with Gasteiger partial charge in [-0.1, -0.05) is 18.2 Å². The second-order valence-electron chi connectivity index (χ2n) is 6.51. The molecule has 3 aromatic heterocycles. The molecule has 4 aromatic rings. The Morgan fingerprint density at radius 2 is 2.12 bits per heavy atom. The third-order valence-electron chi connectivity index (χ3n) is 4.86. The first-order chi connectivity index (χ1) is 12.7. The van der Waals surface area contributed by atoms with Gasteiger partial charge in [0, 0.05) is 23.5 Å². The fourth-order valence-electron chi connectivity index (χ4n) is 3.71. The van der Waals surface area contributed by atoms with Crippen LogP contribution in [0.15, 0.2) is 58.1 Å². The van der Waals surface area contributed by atoms with E-state index in [0.717, 1.165) is 23.2 Å². The van der Waals surface area contributed by atoms with E-state index in [2.05, 4.69) is 33.9 Å². The van der Waals surface area contributed by atoms with Gasteiger partial charge in [0.15, 0.2) is 5.65 Å². The van der Waals surface area contributed by atoms with Crippen LogP contribution in [-0.4, -0.2) is 21.0 Å². The highest BCUT2D eigenvalue weighted by molar-refractivity contribution is 7.08. The van der Waals surface area contributed by atoms with Gasteiger partial charge in [-0.3, -0.25) is 9.78 Å². The molecule has 0 radical (unpaired) electrons. The molecule has 128 valence electrons. The zero-order chi connectivity index (χ0) is 17.7. The van der Waals surface area contributed by atoms with E-state index in [0.29, 0.717) is 17.0 Å². The van der Waals surface area contributed by atoms with Crippen molar-refractivity contribution in [3.8, 4) is 11.1 Å². The molecule has 5 nitrogen and oxygen atoms in total. The number of nitrogens with one attached hydrogen (secondary N) is 1. The number of benzene rings is 1. The van der Waals surface area contributed by atoms with E-state index in [1.807, 2.05) is 35.0 Å².